The highest BCUT2D eigenvalue weighted by Gasteiger charge is 2.26. The van der Waals surface area contributed by atoms with Crippen molar-refractivity contribution in [2.24, 2.45) is 0 Å². The lowest BCUT2D eigenvalue weighted by Gasteiger charge is -2.36. The first-order chi connectivity index (χ1) is 8.70. The Morgan fingerprint density at radius 1 is 1.44 bits per heavy atom. The maximum absolute atomic E-state index is 9.82. The first-order valence-corrected chi connectivity index (χ1v) is 6.69. The van der Waals surface area contributed by atoms with Gasteiger partial charge in [-0.1, -0.05) is 6.42 Å². The Morgan fingerprint density at radius 2 is 2.22 bits per heavy atom. The Hall–Kier alpha value is -0.840. The zero-order valence-electron chi connectivity index (χ0n) is 11.3. The predicted octanol–water partition coefficient (Wildman–Crippen LogP) is 2.16. The number of aliphatic hydroxyl groups is 1. The van der Waals surface area contributed by atoms with Gasteiger partial charge < -0.3 is 14.3 Å². The molecule has 0 bridgehead atoms. The molecule has 0 spiro atoms. The van der Waals surface area contributed by atoms with Gasteiger partial charge in [0, 0.05) is 13.2 Å². The third-order valence-electron chi connectivity index (χ3n) is 3.58. The Bertz CT molecular complexity index is 362. The standard InChI is InChI=1S/C14H23NO3/c1-11(16)14-5-3-4-8-15(14)9-12-6-7-13(18-12)10-17-2/h6-7,11,14,16H,3-5,8-10H2,1-2H3. The molecule has 102 valence electrons. The van der Waals surface area contributed by atoms with E-state index in [1.807, 2.05) is 19.1 Å². The summed E-state index contributed by atoms with van der Waals surface area (Å²) in [6, 6.07) is 4.22. The van der Waals surface area contributed by atoms with Gasteiger partial charge in [0.15, 0.2) is 0 Å². The number of likely N-dealkylation sites (tertiary alicyclic amines) is 1. The summed E-state index contributed by atoms with van der Waals surface area (Å²) in [6.07, 6.45) is 3.20. The molecule has 2 heterocycles. The number of aliphatic hydroxyl groups excluding tert-OH is 1. The molecule has 1 fully saturated rings. The van der Waals surface area contributed by atoms with Gasteiger partial charge in [-0.2, -0.15) is 0 Å². The van der Waals surface area contributed by atoms with Crippen LogP contribution in [0.1, 0.15) is 37.7 Å². The fourth-order valence-electron chi connectivity index (χ4n) is 2.69. The number of furan rings is 1. The van der Waals surface area contributed by atoms with Crippen LogP contribution in [0.3, 0.4) is 0 Å². The molecule has 0 amide bonds. The molecule has 1 saturated heterocycles. The average Bonchev–Trinajstić information content (AvgIpc) is 2.77. The summed E-state index contributed by atoms with van der Waals surface area (Å²) in [5.41, 5.74) is 0. The number of hydrogen-bond acceptors (Lipinski definition) is 4. The molecular weight excluding hydrogens is 230 g/mol. The summed E-state index contributed by atoms with van der Waals surface area (Å²) < 4.78 is 10.7. The molecule has 1 aliphatic rings. The fraction of sp³-hybridized carbons (Fsp3) is 0.714. The Labute approximate surface area is 109 Å². The zero-order chi connectivity index (χ0) is 13.0. The maximum atomic E-state index is 9.82. The molecule has 2 atom stereocenters. The minimum Gasteiger partial charge on any atom is -0.462 e. The number of methoxy groups -OCH3 is 1. The third-order valence-corrected chi connectivity index (χ3v) is 3.58. The van der Waals surface area contributed by atoms with Gasteiger partial charge >= 0.3 is 0 Å². The number of ether oxygens (including phenoxy) is 1. The SMILES string of the molecule is COCc1ccc(CN2CCCCC2C(C)O)o1. The number of piperidine rings is 1. The normalized spacial score (nSPS) is 23.2. The first-order valence-electron chi connectivity index (χ1n) is 6.69. The molecule has 0 aromatic carbocycles. The van der Waals surface area contributed by atoms with E-state index in [4.69, 9.17) is 9.15 Å². The molecule has 0 aliphatic carbocycles. The van der Waals surface area contributed by atoms with E-state index in [0.29, 0.717) is 6.61 Å². The quantitative estimate of drug-likeness (QED) is 0.873. The molecule has 1 N–H and O–H groups in total. The van der Waals surface area contributed by atoms with Crippen molar-refractivity contribution in [3.8, 4) is 0 Å². The van der Waals surface area contributed by atoms with E-state index in [1.165, 1.54) is 12.8 Å². The van der Waals surface area contributed by atoms with Crippen LogP contribution >= 0.6 is 0 Å². The van der Waals surface area contributed by atoms with Crippen molar-refractivity contribution < 1.29 is 14.3 Å². The molecule has 2 rings (SSSR count). The summed E-state index contributed by atoms with van der Waals surface area (Å²) >= 11 is 0. The molecule has 0 radical (unpaired) electrons. The molecule has 0 saturated carbocycles. The predicted molar refractivity (Wildman–Crippen MR) is 69.2 cm³/mol. The molecule has 2 unspecified atom stereocenters. The highest BCUT2D eigenvalue weighted by atomic mass is 16.5. The van der Waals surface area contributed by atoms with Crippen molar-refractivity contribution in [1.29, 1.82) is 0 Å². The Morgan fingerprint density at radius 3 is 2.94 bits per heavy atom. The van der Waals surface area contributed by atoms with Crippen LogP contribution in [-0.4, -0.2) is 35.8 Å². The van der Waals surface area contributed by atoms with E-state index in [-0.39, 0.29) is 12.1 Å². The second kappa shape index (κ2) is 6.36. The fourth-order valence-corrected chi connectivity index (χ4v) is 2.69. The van der Waals surface area contributed by atoms with E-state index < -0.39 is 0 Å². The molecule has 1 aliphatic heterocycles. The summed E-state index contributed by atoms with van der Waals surface area (Å²) in [7, 11) is 1.66. The topological polar surface area (TPSA) is 45.8 Å². The van der Waals surface area contributed by atoms with E-state index in [0.717, 1.165) is 31.0 Å². The molecule has 18 heavy (non-hydrogen) atoms. The van der Waals surface area contributed by atoms with Gasteiger partial charge in [0.25, 0.3) is 0 Å². The van der Waals surface area contributed by atoms with Crippen LogP contribution in [0.5, 0.6) is 0 Å². The van der Waals surface area contributed by atoms with Crippen LogP contribution in [0.25, 0.3) is 0 Å². The van der Waals surface area contributed by atoms with E-state index in [1.54, 1.807) is 7.11 Å². The van der Waals surface area contributed by atoms with Crippen molar-refractivity contribution in [2.45, 2.75) is 51.5 Å². The van der Waals surface area contributed by atoms with Crippen molar-refractivity contribution >= 4 is 0 Å². The Balaban J connectivity index is 1.97. The molecule has 1 aromatic rings. The van der Waals surface area contributed by atoms with Crippen LogP contribution in [0, 0.1) is 0 Å². The lowest BCUT2D eigenvalue weighted by Crippen LogP contribution is -2.45. The summed E-state index contributed by atoms with van der Waals surface area (Å²) in [5, 5.41) is 9.82. The van der Waals surface area contributed by atoms with Crippen molar-refractivity contribution in [3.63, 3.8) is 0 Å². The smallest absolute Gasteiger partial charge is 0.129 e. The van der Waals surface area contributed by atoms with E-state index in [2.05, 4.69) is 4.90 Å². The van der Waals surface area contributed by atoms with Crippen molar-refractivity contribution in [1.82, 2.24) is 4.90 Å². The number of rotatable bonds is 5. The van der Waals surface area contributed by atoms with Crippen LogP contribution in [-0.2, 0) is 17.9 Å². The molecule has 4 heteroatoms. The highest BCUT2D eigenvalue weighted by Crippen LogP contribution is 2.22. The minimum atomic E-state index is -0.279. The monoisotopic (exact) mass is 253 g/mol. The van der Waals surface area contributed by atoms with Crippen LogP contribution in [0.4, 0.5) is 0 Å². The minimum absolute atomic E-state index is 0.259. The number of hydrogen-bond donors (Lipinski definition) is 1. The van der Waals surface area contributed by atoms with Crippen molar-refractivity contribution in [3.05, 3.63) is 23.7 Å². The third kappa shape index (κ3) is 3.34. The average molecular weight is 253 g/mol. The summed E-state index contributed by atoms with van der Waals surface area (Å²) in [6.45, 7) is 4.20. The Kier molecular flexibility index (Phi) is 4.80. The summed E-state index contributed by atoms with van der Waals surface area (Å²) in [5.74, 6) is 1.81. The van der Waals surface area contributed by atoms with Crippen molar-refractivity contribution in [2.75, 3.05) is 13.7 Å². The zero-order valence-corrected chi connectivity index (χ0v) is 11.3. The maximum Gasteiger partial charge on any atom is 0.129 e. The van der Waals surface area contributed by atoms with Crippen LogP contribution < -0.4 is 0 Å². The van der Waals surface area contributed by atoms with E-state index >= 15 is 0 Å². The number of nitrogens with zero attached hydrogens (tertiary/aromatic N) is 1. The lowest BCUT2D eigenvalue weighted by molar-refractivity contribution is 0.0274. The van der Waals surface area contributed by atoms with Gasteiger partial charge in [0.2, 0.25) is 0 Å². The van der Waals surface area contributed by atoms with Gasteiger partial charge in [-0.3, -0.25) is 4.90 Å². The first kappa shape index (κ1) is 13.6. The summed E-state index contributed by atoms with van der Waals surface area (Å²) in [4.78, 5) is 2.32. The van der Waals surface area contributed by atoms with Gasteiger partial charge in [0.05, 0.1) is 12.6 Å². The highest BCUT2D eigenvalue weighted by molar-refractivity contribution is 5.07. The van der Waals surface area contributed by atoms with Gasteiger partial charge in [-0.25, -0.2) is 0 Å². The van der Waals surface area contributed by atoms with Gasteiger partial charge in [-0.05, 0) is 38.4 Å². The van der Waals surface area contributed by atoms with Gasteiger partial charge in [-0.15, -0.1) is 0 Å². The largest absolute Gasteiger partial charge is 0.462 e. The second-order valence-electron chi connectivity index (χ2n) is 5.08. The molecule has 1 aromatic heterocycles. The van der Waals surface area contributed by atoms with Crippen LogP contribution in [0.15, 0.2) is 16.5 Å². The molecule has 4 nitrogen and oxygen atoms in total. The second-order valence-corrected chi connectivity index (χ2v) is 5.08. The van der Waals surface area contributed by atoms with Crippen LogP contribution in [0.2, 0.25) is 0 Å². The van der Waals surface area contributed by atoms with Gasteiger partial charge in [0.1, 0.15) is 18.1 Å². The van der Waals surface area contributed by atoms with E-state index in [9.17, 15) is 5.11 Å². The lowest BCUT2D eigenvalue weighted by atomic mass is 9.98. The molecular formula is C14H23NO3.